The van der Waals surface area contributed by atoms with Gasteiger partial charge in [0.1, 0.15) is 17.6 Å². The Morgan fingerprint density at radius 1 is 1.04 bits per heavy atom. The molecule has 0 aliphatic carbocycles. The van der Waals surface area contributed by atoms with Crippen LogP contribution in [0.15, 0.2) is 36.4 Å². The van der Waals surface area contributed by atoms with Crippen molar-refractivity contribution < 1.29 is 25.2 Å². The van der Waals surface area contributed by atoms with Crippen LogP contribution in [0.2, 0.25) is 0 Å². The number of aliphatic hydroxyl groups excluding tert-OH is 2. The molecule has 25 heavy (non-hydrogen) atoms. The van der Waals surface area contributed by atoms with E-state index in [0.717, 1.165) is 22.3 Å². The molecule has 1 atom stereocenters. The first-order valence-corrected chi connectivity index (χ1v) is 8.57. The molecule has 136 valence electrons. The molecule has 0 aliphatic rings. The van der Waals surface area contributed by atoms with Gasteiger partial charge in [-0.25, -0.2) is 0 Å². The number of rotatable bonds is 9. The second-order valence-electron chi connectivity index (χ2n) is 5.98. The van der Waals surface area contributed by atoms with Gasteiger partial charge in [0.05, 0.1) is 13.2 Å². The normalized spacial score (nSPS) is 12.3. The van der Waals surface area contributed by atoms with E-state index < -0.39 is 6.10 Å². The van der Waals surface area contributed by atoms with Gasteiger partial charge in [0.2, 0.25) is 0 Å². The number of phenolic OH excluding ortho intramolecular Hbond substituents is 2. The van der Waals surface area contributed by atoms with Crippen LogP contribution in [-0.4, -0.2) is 46.4 Å². The minimum absolute atomic E-state index is 0.0625. The molecule has 0 heterocycles. The van der Waals surface area contributed by atoms with Crippen LogP contribution >= 0.6 is 0 Å². The molecule has 0 radical (unpaired) electrons. The van der Waals surface area contributed by atoms with Gasteiger partial charge >= 0.3 is 0 Å². The van der Waals surface area contributed by atoms with Crippen molar-refractivity contribution in [1.82, 2.24) is 0 Å². The molecule has 0 amide bonds. The van der Waals surface area contributed by atoms with E-state index in [-0.39, 0.29) is 24.7 Å². The average Bonchev–Trinajstić information content (AvgIpc) is 2.61. The molecule has 0 aliphatic heterocycles. The lowest BCUT2D eigenvalue weighted by Crippen LogP contribution is -2.19. The highest BCUT2D eigenvalue weighted by Crippen LogP contribution is 2.40. The fourth-order valence-corrected chi connectivity index (χ4v) is 2.97. The minimum atomic E-state index is -0.865. The number of phenols is 2. The Bertz CT molecular complexity index is 670. The standard InChI is InChI=1S/C20H26O5/c1-2-16-17(9-6-10-25-13-15(22)12-21)20(19(24)11-18(16)23)14-7-4-3-5-8-14/h3-5,7-8,11,15,21-24H,2,6,9-10,12-13H2,1H3. The molecule has 4 N–H and O–H groups in total. The lowest BCUT2D eigenvalue weighted by Gasteiger charge is -2.18. The summed E-state index contributed by atoms with van der Waals surface area (Å²) < 4.78 is 5.35. The zero-order chi connectivity index (χ0) is 18.2. The lowest BCUT2D eigenvalue weighted by atomic mass is 9.90. The summed E-state index contributed by atoms with van der Waals surface area (Å²) in [5, 5.41) is 38.7. The van der Waals surface area contributed by atoms with Gasteiger partial charge in [0.15, 0.2) is 0 Å². The van der Waals surface area contributed by atoms with Crippen molar-refractivity contribution in [3.8, 4) is 22.6 Å². The predicted octanol–water partition coefficient (Wildman–Crippen LogP) is 2.63. The zero-order valence-electron chi connectivity index (χ0n) is 14.5. The van der Waals surface area contributed by atoms with Crippen LogP contribution in [0.1, 0.15) is 24.5 Å². The summed E-state index contributed by atoms with van der Waals surface area (Å²) in [6, 6.07) is 11.0. The zero-order valence-corrected chi connectivity index (χ0v) is 14.5. The highest BCUT2D eigenvalue weighted by Gasteiger charge is 2.17. The van der Waals surface area contributed by atoms with Crippen LogP contribution in [0.5, 0.6) is 11.5 Å². The smallest absolute Gasteiger partial charge is 0.127 e. The Hall–Kier alpha value is -2.08. The largest absolute Gasteiger partial charge is 0.508 e. The van der Waals surface area contributed by atoms with Crippen molar-refractivity contribution in [2.24, 2.45) is 0 Å². The number of benzene rings is 2. The van der Waals surface area contributed by atoms with Gasteiger partial charge in [-0.05, 0) is 36.0 Å². The number of hydrogen-bond donors (Lipinski definition) is 4. The van der Waals surface area contributed by atoms with E-state index in [1.54, 1.807) is 0 Å². The van der Waals surface area contributed by atoms with E-state index in [0.29, 0.717) is 25.9 Å². The first-order chi connectivity index (χ1) is 12.1. The lowest BCUT2D eigenvalue weighted by molar-refractivity contribution is 0.00574. The van der Waals surface area contributed by atoms with E-state index in [2.05, 4.69) is 0 Å². The second kappa shape index (κ2) is 9.42. The highest BCUT2D eigenvalue weighted by molar-refractivity contribution is 5.76. The average molecular weight is 346 g/mol. The quantitative estimate of drug-likeness (QED) is 0.524. The molecule has 1 unspecified atom stereocenters. The fourth-order valence-electron chi connectivity index (χ4n) is 2.97. The Morgan fingerprint density at radius 3 is 2.40 bits per heavy atom. The molecular weight excluding hydrogens is 320 g/mol. The van der Waals surface area contributed by atoms with E-state index >= 15 is 0 Å². The summed E-state index contributed by atoms with van der Waals surface area (Å²) in [7, 11) is 0. The number of aromatic hydroxyl groups is 2. The summed E-state index contributed by atoms with van der Waals surface area (Å²) in [4.78, 5) is 0. The Labute approximate surface area is 148 Å². The molecule has 2 rings (SSSR count). The van der Waals surface area contributed by atoms with Crippen LogP contribution in [0.3, 0.4) is 0 Å². The van der Waals surface area contributed by atoms with Crippen molar-refractivity contribution in [1.29, 1.82) is 0 Å². The van der Waals surface area contributed by atoms with E-state index in [1.807, 2.05) is 37.3 Å². The molecule has 5 heteroatoms. The number of hydrogen-bond acceptors (Lipinski definition) is 5. The third kappa shape index (κ3) is 4.95. The predicted molar refractivity (Wildman–Crippen MR) is 96.8 cm³/mol. The second-order valence-corrected chi connectivity index (χ2v) is 5.98. The van der Waals surface area contributed by atoms with Crippen LogP contribution in [0, 0.1) is 0 Å². The molecule has 0 saturated carbocycles. The fraction of sp³-hybridized carbons (Fsp3) is 0.400. The van der Waals surface area contributed by atoms with Gasteiger partial charge in [-0.1, -0.05) is 37.3 Å². The van der Waals surface area contributed by atoms with Crippen molar-refractivity contribution in [2.75, 3.05) is 19.8 Å². The molecule has 0 aromatic heterocycles. The van der Waals surface area contributed by atoms with Gasteiger partial charge in [-0.3, -0.25) is 0 Å². The number of ether oxygens (including phenoxy) is 1. The molecule has 0 bridgehead atoms. The Balaban J connectivity index is 2.22. The van der Waals surface area contributed by atoms with Gasteiger partial charge in [-0.2, -0.15) is 0 Å². The Morgan fingerprint density at radius 2 is 1.76 bits per heavy atom. The monoisotopic (exact) mass is 346 g/mol. The maximum Gasteiger partial charge on any atom is 0.127 e. The molecule has 0 fully saturated rings. The van der Waals surface area contributed by atoms with Crippen LogP contribution < -0.4 is 0 Å². The molecule has 2 aromatic rings. The van der Waals surface area contributed by atoms with Crippen LogP contribution in [-0.2, 0) is 17.6 Å². The van der Waals surface area contributed by atoms with Crippen molar-refractivity contribution in [3.05, 3.63) is 47.5 Å². The van der Waals surface area contributed by atoms with Gasteiger partial charge in [-0.15, -0.1) is 0 Å². The van der Waals surface area contributed by atoms with Crippen LogP contribution in [0.4, 0.5) is 0 Å². The summed E-state index contributed by atoms with van der Waals surface area (Å²) >= 11 is 0. The maximum atomic E-state index is 10.4. The highest BCUT2D eigenvalue weighted by atomic mass is 16.5. The SMILES string of the molecule is CCc1c(O)cc(O)c(-c2ccccc2)c1CCCOCC(O)CO. The molecule has 5 nitrogen and oxygen atoms in total. The Kier molecular flexibility index (Phi) is 7.25. The summed E-state index contributed by atoms with van der Waals surface area (Å²) in [5.74, 6) is 0.166. The maximum absolute atomic E-state index is 10.4. The van der Waals surface area contributed by atoms with E-state index in [1.165, 1.54) is 6.07 Å². The third-order valence-electron chi connectivity index (χ3n) is 4.16. The minimum Gasteiger partial charge on any atom is -0.508 e. The first-order valence-electron chi connectivity index (χ1n) is 8.57. The van der Waals surface area contributed by atoms with Crippen LogP contribution in [0.25, 0.3) is 11.1 Å². The number of aliphatic hydroxyl groups is 2. The molecule has 0 spiro atoms. The van der Waals surface area contributed by atoms with Crippen molar-refractivity contribution in [2.45, 2.75) is 32.3 Å². The molecule has 2 aromatic carbocycles. The first kappa shape index (κ1) is 19.2. The summed E-state index contributed by atoms with van der Waals surface area (Å²) in [5.41, 5.74) is 3.39. The molecule has 0 saturated heterocycles. The summed E-state index contributed by atoms with van der Waals surface area (Å²) in [6.45, 7) is 2.16. The summed E-state index contributed by atoms with van der Waals surface area (Å²) in [6.07, 6.45) is 1.10. The van der Waals surface area contributed by atoms with Gasteiger partial charge < -0.3 is 25.2 Å². The van der Waals surface area contributed by atoms with Gasteiger partial charge in [0, 0.05) is 18.2 Å². The van der Waals surface area contributed by atoms with Crippen molar-refractivity contribution in [3.63, 3.8) is 0 Å². The third-order valence-corrected chi connectivity index (χ3v) is 4.16. The van der Waals surface area contributed by atoms with Gasteiger partial charge in [0.25, 0.3) is 0 Å². The van der Waals surface area contributed by atoms with E-state index in [4.69, 9.17) is 9.84 Å². The molecular formula is C20H26O5. The topological polar surface area (TPSA) is 90.2 Å². The van der Waals surface area contributed by atoms with Crippen molar-refractivity contribution >= 4 is 0 Å². The van der Waals surface area contributed by atoms with E-state index in [9.17, 15) is 15.3 Å².